The first-order chi connectivity index (χ1) is 18.5. The molecule has 2 N–H and O–H groups in total. The minimum atomic E-state index is 0.340. The summed E-state index contributed by atoms with van der Waals surface area (Å²) in [5, 5.41) is 6.73. The number of aryl methyl sites for hydroxylation is 1. The standard InChI is InChI=1S/C27H29BrN8O2/c1-4-35-9-10-36-17(14-35)15-38-24-11-21(23(37-3)12-22(24)36)33-27-31-13-18(28)26(34-27)32-19-5-6-20-25(16(19)2)30-8-7-29-20/h5-8,11-13,17H,4,9-10,14-15H2,1-3H3,(H2,31,32,33,34). The fraction of sp³-hybridized carbons (Fsp3) is 0.333. The van der Waals surface area contributed by atoms with Crippen LogP contribution in [0.5, 0.6) is 11.5 Å². The van der Waals surface area contributed by atoms with E-state index in [1.807, 2.05) is 31.2 Å². The number of piperazine rings is 1. The molecule has 6 rings (SSSR count). The normalized spacial score (nSPS) is 16.9. The topological polar surface area (TPSA) is 101 Å². The molecule has 2 aromatic heterocycles. The number of nitrogens with one attached hydrogen (secondary N) is 2. The van der Waals surface area contributed by atoms with Crippen molar-refractivity contribution in [2.45, 2.75) is 19.9 Å². The van der Waals surface area contributed by atoms with Crippen LogP contribution in [-0.2, 0) is 0 Å². The van der Waals surface area contributed by atoms with Crippen LogP contribution in [0.3, 0.4) is 0 Å². The van der Waals surface area contributed by atoms with Gasteiger partial charge in [-0.2, -0.15) is 4.98 Å². The van der Waals surface area contributed by atoms with Gasteiger partial charge in [0.25, 0.3) is 0 Å². The molecule has 4 heterocycles. The third-order valence-corrected chi connectivity index (χ3v) is 7.75. The van der Waals surface area contributed by atoms with Crippen LogP contribution < -0.4 is 25.0 Å². The molecule has 196 valence electrons. The quantitative estimate of drug-likeness (QED) is 0.330. The van der Waals surface area contributed by atoms with E-state index in [1.165, 1.54) is 0 Å². The Morgan fingerprint density at radius 3 is 2.82 bits per heavy atom. The number of likely N-dealkylation sites (N-methyl/N-ethyl adjacent to an activating group) is 1. The molecule has 2 aromatic carbocycles. The second-order valence-corrected chi connectivity index (χ2v) is 10.2. The number of rotatable bonds is 6. The van der Waals surface area contributed by atoms with Gasteiger partial charge in [0.2, 0.25) is 5.95 Å². The van der Waals surface area contributed by atoms with Crippen molar-refractivity contribution in [2.24, 2.45) is 0 Å². The van der Waals surface area contributed by atoms with E-state index in [0.29, 0.717) is 30.2 Å². The monoisotopic (exact) mass is 576 g/mol. The van der Waals surface area contributed by atoms with Gasteiger partial charge in [0, 0.05) is 61.6 Å². The first-order valence-electron chi connectivity index (χ1n) is 12.6. The van der Waals surface area contributed by atoms with Crippen LogP contribution in [0, 0.1) is 6.92 Å². The van der Waals surface area contributed by atoms with E-state index in [4.69, 9.17) is 14.5 Å². The fourth-order valence-corrected chi connectivity index (χ4v) is 5.37. The maximum Gasteiger partial charge on any atom is 0.229 e. The van der Waals surface area contributed by atoms with E-state index in [9.17, 15) is 0 Å². The maximum atomic E-state index is 6.20. The molecule has 2 aliphatic rings. The largest absolute Gasteiger partial charge is 0.494 e. The lowest BCUT2D eigenvalue weighted by Crippen LogP contribution is -2.57. The smallest absolute Gasteiger partial charge is 0.229 e. The first-order valence-corrected chi connectivity index (χ1v) is 13.4. The number of nitrogens with zero attached hydrogens (tertiary/aromatic N) is 6. The molecule has 4 aromatic rings. The molecule has 38 heavy (non-hydrogen) atoms. The minimum absolute atomic E-state index is 0.340. The average molecular weight is 577 g/mol. The summed E-state index contributed by atoms with van der Waals surface area (Å²) in [6.45, 7) is 8.95. The number of fused-ring (bicyclic) bond motifs is 4. The van der Waals surface area contributed by atoms with Crippen molar-refractivity contribution in [1.29, 1.82) is 0 Å². The van der Waals surface area contributed by atoms with E-state index in [2.05, 4.69) is 58.2 Å². The summed E-state index contributed by atoms with van der Waals surface area (Å²) in [5.74, 6) is 2.59. The second-order valence-electron chi connectivity index (χ2n) is 9.37. The summed E-state index contributed by atoms with van der Waals surface area (Å²) in [6.07, 6.45) is 5.11. The van der Waals surface area contributed by atoms with Crippen molar-refractivity contribution in [3.8, 4) is 11.5 Å². The summed E-state index contributed by atoms with van der Waals surface area (Å²) < 4.78 is 12.7. The van der Waals surface area contributed by atoms with Crippen molar-refractivity contribution in [3.63, 3.8) is 0 Å². The van der Waals surface area contributed by atoms with Gasteiger partial charge < -0.3 is 25.0 Å². The van der Waals surface area contributed by atoms with Gasteiger partial charge >= 0.3 is 0 Å². The number of ether oxygens (including phenoxy) is 2. The molecule has 0 saturated carbocycles. The van der Waals surface area contributed by atoms with Gasteiger partial charge in [0.05, 0.1) is 40.0 Å². The molecule has 0 spiro atoms. The van der Waals surface area contributed by atoms with Crippen LogP contribution >= 0.6 is 15.9 Å². The van der Waals surface area contributed by atoms with Gasteiger partial charge in [0.1, 0.15) is 23.9 Å². The third kappa shape index (κ3) is 4.56. The number of hydrogen-bond donors (Lipinski definition) is 2. The lowest BCUT2D eigenvalue weighted by molar-refractivity contribution is 0.172. The lowest BCUT2D eigenvalue weighted by atomic mass is 10.1. The fourth-order valence-electron chi connectivity index (χ4n) is 5.08. The Bertz CT molecular complexity index is 1500. The number of methoxy groups -OCH3 is 1. The number of benzene rings is 2. The van der Waals surface area contributed by atoms with Crippen molar-refractivity contribution in [3.05, 3.63) is 52.9 Å². The molecule has 0 amide bonds. The van der Waals surface area contributed by atoms with Gasteiger partial charge in [-0.25, -0.2) is 4.98 Å². The van der Waals surface area contributed by atoms with E-state index in [0.717, 1.165) is 70.1 Å². The van der Waals surface area contributed by atoms with Gasteiger partial charge in [-0.15, -0.1) is 0 Å². The zero-order valence-electron chi connectivity index (χ0n) is 21.5. The zero-order valence-corrected chi connectivity index (χ0v) is 23.1. The van der Waals surface area contributed by atoms with Crippen molar-refractivity contribution in [1.82, 2.24) is 24.8 Å². The number of hydrogen-bond acceptors (Lipinski definition) is 10. The summed E-state index contributed by atoms with van der Waals surface area (Å²) in [7, 11) is 1.67. The second kappa shape index (κ2) is 10.2. The van der Waals surface area contributed by atoms with Crippen molar-refractivity contribution >= 4 is 55.8 Å². The zero-order chi connectivity index (χ0) is 26.2. The molecule has 10 nitrogen and oxygen atoms in total. The van der Waals surface area contributed by atoms with Crippen molar-refractivity contribution in [2.75, 3.05) is 55.4 Å². The summed E-state index contributed by atoms with van der Waals surface area (Å²) in [5.41, 5.74) is 5.37. The van der Waals surface area contributed by atoms with E-state index in [1.54, 1.807) is 25.7 Å². The number of halogens is 1. The third-order valence-electron chi connectivity index (χ3n) is 7.17. The van der Waals surface area contributed by atoms with Crippen LogP contribution in [0.4, 0.5) is 28.8 Å². The summed E-state index contributed by atoms with van der Waals surface area (Å²) in [4.78, 5) is 23.0. The summed E-state index contributed by atoms with van der Waals surface area (Å²) >= 11 is 3.57. The summed E-state index contributed by atoms with van der Waals surface area (Å²) in [6, 6.07) is 8.28. The molecule has 0 bridgehead atoms. The predicted molar refractivity (Wildman–Crippen MR) is 152 cm³/mol. The van der Waals surface area contributed by atoms with E-state index >= 15 is 0 Å². The molecule has 2 aliphatic heterocycles. The van der Waals surface area contributed by atoms with E-state index < -0.39 is 0 Å². The number of aromatic nitrogens is 4. The molecule has 0 radical (unpaired) electrons. The molecule has 11 heteroatoms. The van der Waals surface area contributed by atoms with Crippen LogP contribution in [0.2, 0.25) is 0 Å². The molecule has 1 atom stereocenters. The van der Waals surface area contributed by atoms with E-state index in [-0.39, 0.29) is 0 Å². The van der Waals surface area contributed by atoms with Crippen molar-refractivity contribution < 1.29 is 9.47 Å². The van der Waals surface area contributed by atoms with Gasteiger partial charge in [-0.05, 0) is 41.5 Å². The Kier molecular flexibility index (Phi) is 6.62. The Morgan fingerprint density at radius 1 is 1.11 bits per heavy atom. The molecule has 1 unspecified atom stereocenters. The Labute approximate surface area is 229 Å². The van der Waals surface area contributed by atoms with Gasteiger partial charge in [0.15, 0.2) is 0 Å². The van der Waals surface area contributed by atoms with Gasteiger partial charge in [-0.1, -0.05) is 6.92 Å². The Hall–Kier alpha value is -3.70. The SMILES string of the molecule is CCN1CCN2c3cc(OC)c(Nc4ncc(Br)c(Nc5ccc6nccnc6c5C)n4)cc3OCC2C1. The lowest BCUT2D eigenvalue weighted by Gasteiger charge is -2.45. The highest BCUT2D eigenvalue weighted by atomic mass is 79.9. The molecular formula is C27H29BrN8O2. The molecule has 0 aliphatic carbocycles. The number of anilines is 5. The maximum absolute atomic E-state index is 6.20. The highest BCUT2D eigenvalue weighted by Gasteiger charge is 2.33. The molecule has 1 saturated heterocycles. The highest BCUT2D eigenvalue weighted by molar-refractivity contribution is 9.10. The van der Waals surface area contributed by atoms with Crippen LogP contribution in [0.15, 0.2) is 47.3 Å². The van der Waals surface area contributed by atoms with Crippen LogP contribution in [0.25, 0.3) is 11.0 Å². The molecule has 1 fully saturated rings. The first kappa shape index (κ1) is 24.6. The van der Waals surface area contributed by atoms with Gasteiger partial charge in [-0.3, -0.25) is 14.9 Å². The van der Waals surface area contributed by atoms with Crippen LogP contribution in [0.1, 0.15) is 12.5 Å². The highest BCUT2D eigenvalue weighted by Crippen LogP contribution is 2.43. The Morgan fingerprint density at radius 2 is 1.97 bits per heavy atom. The Balaban J connectivity index is 1.27. The van der Waals surface area contributed by atoms with Crippen LogP contribution in [-0.4, -0.2) is 70.8 Å². The predicted octanol–water partition coefficient (Wildman–Crippen LogP) is 4.89. The molecular weight excluding hydrogens is 548 g/mol. The minimum Gasteiger partial charge on any atom is -0.494 e. The average Bonchev–Trinajstić information content (AvgIpc) is 2.95.